The summed E-state index contributed by atoms with van der Waals surface area (Å²) in [5.41, 5.74) is 6.54. The molecule has 0 aliphatic rings. The summed E-state index contributed by atoms with van der Waals surface area (Å²) in [6, 6.07) is 4.62. The van der Waals surface area contributed by atoms with Gasteiger partial charge in [-0.3, -0.25) is 10.8 Å². The first-order valence-electron chi connectivity index (χ1n) is 6.54. The van der Waals surface area contributed by atoms with Crippen LogP contribution in [0.2, 0.25) is 0 Å². The molecule has 2 rings (SSSR count). The Balaban J connectivity index is 2.55. The average Bonchev–Trinajstić information content (AvgIpc) is 2.92. The Morgan fingerprint density at radius 1 is 1.46 bits per heavy atom. The molecule has 10 heteroatoms. The van der Waals surface area contributed by atoms with Crippen LogP contribution < -0.4 is 11.2 Å². The van der Waals surface area contributed by atoms with Crippen LogP contribution in [0.15, 0.2) is 35.7 Å². The largest absolute Gasteiger partial charge is 0.416 e. The predicted octanol–water partition coefficient (Wildman–Crippen LogP) is 2.43. The van der Waals surface area contributed by atoms with Gasteiger partial charge in [0.2, 0.25) is 5.71 Å². The van der Waals surface area contributed by atoms with Gasteiger partial charge in [-0.25, -0.2) is 4.98 Å². The van der Waals surface area contributed by atoms with E-state index in [0.29, 0.717) is 11.5 Å². The third kappa shape index (κ3) is 3.52. The minimum atomic E-state index is -4.54. The van der Waals surface area contributed by atoms with Crippen LogP contribution in [-0.2, 0) is 6.18 Å². The van der Waals surface area contributed by atoms with Crippen LogP contribution in [0.5, 0.6) is 0 Å². The van der Waals surface area contributed by atoms with Crippen LogP contribution in [0.4, 0.5) is 18.9 Å². The van der Waals surface area contributed by atoms with Crippen molar-refractivity contribution in [1.82, 2.24) is 9.55 Å². The molecule has 0 saturated heterocycles. The lowest BCUT2D eigenvalue weighted by Crippen LogP contribution is -2.22. The van der Waals surface area contributed by atoms with Gasteiger partial charge in [0, 0.05) is 12.4 Å². The highest BCUT2D eigenvalue weighted by atomic mass is 19.4. The lowest BCUT2D eigenvalue weighted by atomic mass is 10.1. The van der Waals surface area contributed by atoms with Crippen LogP contribution in [0, 0.1) is 23.7 Å². The van der Waals surface area contributed by atoms with Crippen molar-refractivity contribution in [3.63, 3.8) is 0 Å². The van der Waals surface area contributed by atoms with Crippen molar-refractivity contribution in [1.29, 1.82) is 10.7 Å². The lowest BCUT2D eigenvalue weighted by molar-refractivity contribution is -0.137. The van der Waals surface area contributed by atoms with Gasteiger partial charge in [-0.2, -0.15) is 23.5 Å². The SMILES string of the molecule is Cc1nccn1-c1ccc(C(F)(F)F)cc1N/N=C(\C#N)C(=N)N. The number of alkyl halides is 3. The molecule has 24 heavy (non-hydrogen) atoms. The monoisotopic (exact) mass is 335 g/mol. The Morgan fingerprint density at radius 2 is 2.17 bits per heavy atom. The first-order valence-corrected chi connectivity index (χ1v) is 6.54. The van der Waals surface area contributed by atoms with Crippen molar-refractivity contribution < 1.29 is 13.2 Å². The van der Waals surface area contributed by atoms with Gasteiger partial charge < -0.3 is 10.3 Å². The maximum Gasteiger partial charge on any atom is 0.416 e. The second-order valence-corrected chi connectivity index (χ2v) is 4.67. The third-order valence-electron chi connectivity index (χ3n) is 3.06. The van der Waals surface area contributed by atoms with Gasteiger partial charge in [-0.1, -0.05) is 0 Å². The molecule has 1 heterocycles. The lowest BCUT2D eigenvalue weighted by Gasteiger charge is -2.14. The summed E-state index contributed by atoms with van der Waals surface area (Å²) >= 11 is 0. The summed E-state index contributed by atoms with van der Waals surface area (Å²) in [6.45, 7) is 1.68. The highest BCUT2D eigenvalue weighted by molar-refractivity contribution is 6.45. The second kappa shape index (κ2) is 6.41. The summed E-state index contributed by atoms with van der Waals surface area (Å²) in [4.78, 5) is 4.02. The van der Waals surface area contributed by atoms with Crippen LogP contribution in [0.1, 0.15) is 11.4 Å². The zero-order valence-corrected chi connectivity index (χ0v) is 12.4. The van der Waals surface area contributed by atoms with E-state index in [0.717, 1.165) is 12.1 Å². The van der Waals surface area contributed by atoms with Gasteiger partial charge in [0.25, 0.3) is 0 Å². The zero-order valence-electron chi connectivity index (χ0n) is 12.4. The summed E-state index contributed by atoms with van der Waals surface area (Å²) < 4.78 is 40.3. The number of nitriles is 1. The number of halogens is 3. The van der Waals surface area contributed by atoms with E-state index < -0.39 is 23.3 Å². The summed E-state index contributed by atoms with van der Waals surface area (Å²) in [5.74, 6) is -0.0498. The minimum Gasteiger partial charge on any atom is -0.382 e. The molecular formula is C14H12F3N7. The van der Waals surface area contributed by atoms with E-state index in [1.54, 1.807) is 23.8 Å². The Kier molecular flexibility index (Phi) is 4.54. The molecular weight excluding hydrogens is 323 g/mol. The molecule has 0 fully saturated rings. The number of nitrogens with zero attached hydrogens (tertiary/aromatic N) is 4. The normalized spacial score (nSPS) is 11.9. The molecule has 0 radical (unpaired) electrons. The smallest absolute Gasteiger partial charge is 0.382 e. The molecule has 2 aromatic rings. The van der Waals surface area contributed by atoms with E-state index in [-0.39, 0.29) is 5.69 Å². The van der Waals surface area contributed by atoms with Crippen molar-refractivity contribution in [3.05, 3.63) is 42.0 Å². The fourth-order valence-corrected chi connectivity index (χ4v) is 1.91. The number of hydrogen-bond donors (Lipinski definition) is 3. The molecule has 4 N–H and O–H groups in total. The van der Waals surface area contributed by atoms with Crippen molar-refractivity contribution in [2.24, 2.45) is 10.8 Å². The quantitative estimate of drug-likeness (QED) is 0.452. The molecule has 1 aromatic carbocycles. The molecule has 0 aliphatic heterocycles. The van der Waals surface area contributed by atoms with E-state index in [9.17, 15) is 13.2 Å². The number of nitrogens with one attached hydrogen (secondary N) is 2. The average molecular weight is 335 g/mol. The fraction of sp³-hybridized carbons (Fsp3) is 0.143. The van der Waals surface area contributed by atoms with E-state index in [1.165, 1.54) is 12.3 Å². The van der Waals surface area contributed by atoms with Crippen molar-refractivity contribution in [2.45, 2.75) is 13.1 Å². The van der Waals surface area contributed by atoms with E-state index in [4.69, 9.17) is 16.4 Å². The van der Waals surface area contributed by atoms with Crippen LogP contribution in [0.25, 0.3) is 5.69 Å². The Bertz CT molecular complexity index is 843. The number of aryl methyl sites for hydroxylation is 1. The molecule has 0 atom stereocenters. The highest BCUT2D eigenvalue weighted by Gasteiger charge is 2.31. The van der Waals surface area contributed by atoms with Crippen molar-refractivity contribution >= 4 is 17.2 Å². The first-order chi connectivity index (χ1) is 11.2. The maximum absolute atomic E-state index is 12.9. The van der Waals surface area contributed by atoms with E-state index >= 15 is 0 Å². The van der Waals surface area contributed by atoms with Crippen LogP contribution in [-0.4, -0.2) is 21.1 Å². The number of imidazole rings is 1. The Hall–Kier alpha value is -3.35. The Morgan fingerprint density at radius 3 is 2.67 bits per heavy atom. The molecule has 0 bridgehead atoms. The number of hydrazone groups is 1. The zero-order chi connectivity index (χ0) is 17.9. The van der Waals surface area contributed by atoms with Gasteiger partial charge in [-0.15, -0.1) is 0 Å². The number of rotatable bonds is 4. The van der Waals surface area contributed by atoms with Crippen molar-refractivity contribution in [3.8, 4) is 11.8 Å². The Labute approximate surface area is 134 Å². The third-order valence-corrected chi connectivity index (χ3v) is 3.06. The summed E-state index contributed by atoms with van der Waals surface area (Å²) in [5, 5.41) is 19.6. The summed E-state index contributed by atoms with van der Waals surface area (Å²) in [6.07, 6.45) is -1.47. The van der Waals surface area contributed by atoms with Crippen LogP contribution in [0.3, 0.4) is 0 Å². The molecule has 0 amide bonds. The molecule has 124 valence electrons. The topological polar surface area (TPSA) is 116 Å². The number of anilines is 1. The summed E-state index contributed by atoms with van der Waals surface area (Å²) in [7, 11) is 0. The van der Waals surface area contributed by atoms with Gasteiger partial charge >= 0.3 is 6.18 Å². The number of benzene rings is 1. The van der Waals surface area contributed by atoms with Crippen LogP contribution >= 0.6 is 0 Å². The van der Waals surface area contributed by atoms with Gasteiger partial charge in [0.1, 0.15) is 11.9 Å². The first kappa shape index (κ1) is 17.0. The maximum atomic E-state index is 12.9. The standard InChI is InChI=1S/C14H12F3N7/c1-8-21-4-5-24(8)12-3-2-9(14(15,16)17)6-10(12)22-23-11(7-18)13(19)20/h2-6,22H,1H3,(H3,19,20)/b23-11+. The number of nitrogens with two attached hydrogens (primary N) is 1. The molecule has 0 saturated carbocycles. The molecule has 0 unspecified atom stereocenters. The van der Waals surface area contributed by atoms with Gasteiger partial charge in [-0.05, 0) is 25.1 Å². The van der Waals surface area contributed by atoms with Crippen molar-refractivity contribution in [2.75, 3.05) is 5.43 Å². The minimum absolute atomic E-state index is 0.0140. The van der Waals surface area contributed by atoms with E-state index in [2.05, 4.69) is 15.5 Å². The number of aromatic nitrogens is 2. The number of amidine groups is 1. The molecule has 0 aliphatic carbocycles. The molecule has 1 aromatic heterocycles. The highest BCUT2D eigenvalue weighted by Crippen LogP contribution is 2.33. The van der Waals surface area contributed by atoms with Gasteiger partial charge in [0.05, 0.1) is 16.9 Å². The van der Waals surface area contributed by atoms with E-state index in [1.807, 2.05) is 0 Å². The molecule has 0 spiro atoms. The van der Waals surface area contributed by atoms with Gasteiger partial charge in [0.15, 0.2) is 5.84 Å². The fourth-order valence-electron chi connectivity index (χ4n) is 1.91. The molecule has 7 nitrogen and oxygen atoms in total. The predicted molar refractivity (Wildman–Crippen MR) is 81.9 cm³/mol. The number of hydrogen-bond acceptors (Lipinski definition) is 5. The second-order valence-electron chi connectivity index (χ2n) is 4.67.